The molecule has 0 radical (unpaired) electrons. The van der Waals surface area contributed by atoms with E-state index in [1.54, 1.807) is 31.2 Å². The SMILES string of the molecule is CC(O)(CN(CC(F)(F)F)C1CC1)c1ccccc1. The highest BCUT2D eigenvalue weighted by molar-refractivity contribution is 5.22. The van der Waals surface area contributed by atoms with Crippen molar-refractivity contribution in [1.29, 1.82) is 0 Å². The molecular formula is C14H18F3NO. The van der Waals surface area contributed by atoms with Crippen molar-refractivity contribution in [2.75, 3.05) is 13.1 Å². The number of hydrogen-bond acceptors (Lipinski definition) is 2. The molecule has 0 aliphatic heterocycles. The van der Waals surface area contributed by atoms with Crippen LogP contribution in [0, 0.1) is 0 Å². The molecule has 1 atom stereocenters. The second-order valence-corrected chi connectivity index (χ2v) is 5.39. The van der Waals surface area contributed by atoms with E-state index in [4.69, 9.17) is 0 Å². The molecule has 5 heteroatoms. The summed E-state index contributed by atoms with van der Waals surface area (Å²) in [6.07, 6.45) is -2.67. The fourth-order valence-electron chi connectivity index (χ4n) is 2.27. The topological polar surface area (TPSA) is 23.5 Å². The Balaban J connectivity index is 2.08. The fraction of sp³-hybridized carbons (Fsp3) is 0.571. The third-order valence-corrected chi connectivity index (χ3v) is 3.35. The highest BCUT2D eigenvalue weighted by Crippen LogP contribution is 2.33. The maximum Gasteiger partial charge on any atom is 0.401 e. The second kappa shape index (κ2) is 5.13. The van der Waals surface area contributed by atoms with E-state index in [0.717, 1.165) is 12.8 Å². The predicted octanol–water partition coefficient (Wildman–Crippen LogP) is 2.92. The lowest BCUT2D eigenvalue weighted by atomic mass is 9.95. The Hall–Kier alpha value is -1.07. The van der Waals surface area contributed by atoms with E-state index >= 15 is 0 Å². The Bertz CT molecular complexity index is 412. The molecule has 106 valence electrons. The van der Waals surface area contributed by atoms with Crippen LogP contribution >= 0.6 is 0 Å². The Morgan fingerprint density at radius 2 is 1.74 bits per heavy atom. The summed E-state index contributed by atoms with van der Waals surface area (Å²) in [4.78, 5) is 1.34. The van der Waals surface area contributed by atoms with Crippen molar-refractivity contribution in [3.05, 3.63) is 35.9 Å². The minimum Gasteiger partial charge on any atom is -0.384 e. The number of alkyl halides is 3. The van der Waals surface area contributed by atoms with E-state index in [1.165, 1.54) is 4.90 Å². The lowest BCUT2D eigenvalue weighted by Crippen LogP contribution is -2.44. The molecule has 0 heterocycles. The summed E-state index contributed by atoms with van der Waals surface area (Å²) >= 11 is 0. The molecular weight excluding hydrogens is 255 g/mol. The molecule has 1 aromatic carbocycles. The summed E-state index contributed by atoms with van der Waals surface area (Å²) in [6.45, 7) is 0.607. The van der Waals surface area contributed by atoms with E-state index in [-0.39, 0.29) is 12.6 Å². The van der Waals surface area contributed by atoms with Gasteiger partial charge in [0.15, 0.2) is 0 Å². The van der Waals surface area contributed by atoms with Gasteiger partial charge in [-0.05, 0) is 25.3 Å². The number of benzene rings is 1. The number of hydrogen-bond donors (Lipinski definition) is 1. The van der Waals surface area contributed by atoms with Gasteiger partial charge in [-0.15, -0.1) is 0 Å². The van der Waals surface area contributed by atoms with Gasteiger partial charge in [0, 0.05) is 12.6 Å². The summed E-state index contributed by atoms with van der Waals surface area (Å²) < 4.78 is 37.6. The van der Waals surface area contributed by atoms with Crippen LogP contribution in [0.25, 0.3) is 0 Å². The van der Waals surface area contributed by atoms with Crippen molar-refractivity contribution in [3.8, 4) is 0 Å². The minimum atomic E-state index is -4.23. The standard InChI is InChI=1S/C14H18F3NO/c1-13(19,11-5-3-2-4-6-11)9-18(12-7-8-12)10-14(15,16)17/h2-6,12,19H,7-10H2,1H3. The second-order valence-electron chi connectivity index (χ2n) is 5.39. The first kappa shape index (κ1) is 14.3. The lowest BCUT2D eigenvalue weighted by Gasteiger charge is -2.32. The van der Waals surface area contributed by atoms with Gasteiger partial charge in [0.25, 0.3) is 0 Å². The van der Waals surface area contributed by atoms with E-state index in [0.29, 0.717) is 5.56 Å². The largest absolute Gasteiger partial charge is 0.401 e. The third-order valence-electron chi connectivity index (χ3n) is 3.35. The molecule has 19 heavy (non-hydrogen) atoms. The van der Waals surface area contributed by atoms with Gasteiger partial charge >= 0.3 is 6.18 Å². The molecule has 1 saturated carbocycles. The fourth-order valence-corrected chi connectivity index (χ4v) is 2.27. The van der Waals surface area contributed by atoms with Crippen LogP contribution in [0.5, 0.6) is 0 Å². The maximum absolute atomic E-state index is 12.5. The van der Waals surface area contributed by atoms with Gasteiger partial charge in [0.05, 0.1) is 12.1 Å². The molecule has 0 spiro atoms. The Morgan fingerprint density at radius 1 is 1.16 bits per heavy atom. The number of nitrogens with zero attached hydrogens (tertiary/aromatic N) is 1. The first-order chi connectivity index (χ1) is 8.78. The molecule has 0 amide bonds. The van der Waals surface area contributed by atoms with Crippen LogP contribution in [0.1, 0.15) is 25.3 Å². The van der Waals surface area contributed by atoms with Crippen LogP contribution in [0.2, 0.25) is 0 Å². The summed E-state index contributed by atoms with van der Waals surface area (Å²) in [5, 5.41) is 10.4. The van der Waals surface area contributed by atoms with E-state index in [9.17, 15) is 18.3 Å². The first-order valence-corrected chi connectivity index (χ1v) is 6.37. The molecule has 1 fully saturated rings. The first-order valence-electron chi connectivity index (χ1n) is 6.37. The van der Waals surface area contributed by atoms with Crippen LogP contribution < -0.4 is 0 Å². The quantitative estimate of drug-likeness (QED) is 0.891. The number of aliphatic hydroxyl groups is 1. The smallest absolute Gasteiger partial charge is 0.384 e. The Morgan fingerprint density at radius 3 is 2.21 bits per heavy atom. The zero-order chi connectivity index (χ0) is 14.1. The van der Waals surface area contributed by atoms with E-state index in [1.807, 2.05) is 6.07 Å². The average molecular weight is 273 g/mol. The summed E-state index contributed by atoms with van der Waals surface area (Å²) in [5.41, 5.74) is -0.627. The molecule has 1 aliphatic carbocycles. The van der Waals surface area contributed by atoms with E-state index < -0.39 is 18.3 Å². The maximum atomic E-state index is 12.5. The molecule has 1 unspecified atom stereocenters. The van der Waals surface area contributed by atoms with Gasteiger partial charge in [-0.2, -0.15) is 13.2 Å². The normalized spacial score (nSPS) is 19.5. The highest BCUT2D eigenvalue weighted by atomic mass is 19.4. The van der Waals surface area contributed by atoms with Gasteiger partial charge in [-0.1, -0.05) is 30.3 Å². The molecule has 1 aromatic rings. The van der Waals surface area contributed by atoms with Gasteiger partial charge in [-0.25, -0.2) is 0 Å². The van der Waals surface area contributed by atoms with Crippen molar-refractivity contribution < 1.29 is 18.3 Å². The summed E-state index contributed by atoms with van der Waals surface area (Å²) in [5.74, 6) is 0. The van der Waals surface area contributed by atoms with Crippen LogP contribution in [0.3, 0.4) is 0 Å². The van der Waals surface area contributed by atoms with Crippen LogP contribution in [0.4, 0.5) is 13.2 Å². The number of rotatable bonds is 5. The monoisotopic (exact) mass is 273 g/mol. The molecule has 2 rings (SSSR count). The summed E-state index contributed by atoms with van der Waals surface area (Å²) in [7, 11) is 0. The van der Waals surface area contributed by atoms with Crippen molar-refractivity contribution in [2.45, 2.75) is 37.6 Å². The van der Waals surface area contributed by atoms with Crippen molar-refractivity contribution in [1.82, 2.24) is 4.90 Å². The van der Waals surface area contributed by atoms with E-state index in [2.05, 4.69) is 0 Å². The molecule has 0 aromatic heterocycles. The molecule has 0 bridgehead atoms. The molecule has 1 aliphatic rings. The number of halogens is 3. The van der Waals surface area contributed by atoms with Crippen molar-refractivity contribution in [3.63, 3.8) is 0 Å². The predicted molar refractivity (Wildman–Crippen MR) is 66.7 cm³/mol. The van der Waals surface area contributed by atoms with Gasteiger partial charge < -0.3 is 5.11 Å². The molecule has 1 N–H and O–H groups in total. The van der Waals surface area contributed by atoms with Crippen molar-refractivity contribution >= 4 is 0 Å². The summed E-state index contributed by atoms with van der Waals surface area (Å²) in [6, 6.07) is 8.78. The van der Waals surface area contributed by atoms with Crippen molar-refractivity contribution in [2.24, 2.45) is 0 Å². The third kappa shape index (κ3) is 4.21. The van der Waals surface area contributed by atoms with Gasteiger partial charge in [0.2, 0.25) is 0 Å². The lowest BCUT2D eigenvalue weighted by molar-refractivity contribution is -0.153. The Labute approximate surface area is 110 Å². The minimum absolute atomic E-state index is 0.00118. The van der Waals surface area contributed by atoms with Crippen LogP contribution in [-0.4, -0.2) is 35.3 Å². The van der Waals surface area contributed by atoms with Crippen LogP contribution in [-0.2, 0) is 5.60 Å². The molecule has 2 nitrogen and oxygen atoms in total. The van der Waals surface area contributed by atoms with Crippen LogP contribution in [0.15, 0.2) is 30.3 Å². The zero-order valence-electron chi connectivity index (χ0n) is 10.8. The Kier molecular flexibility index (Phi) is 3.87. The average Bonchev–Trinajstić information content (AvgIpc) is 3.11. The molecule has 0 saturated heterocycles. The highest BCUT2D eigenvalue weighted by Gasteiger charge is 2.41. The zero-order valence-corrected chi connectivity index (χ0v) is 10.8. The van der Waals surface area contributed by atoms with Gasteiger partial charge in [-0.3, -0.25) is 4.90 Å². The van der Waals surface area contributed by atoms with Gasteiger partial charge in [0.1, 0.15) is 0 Å².